The molecule has 0 bridgehead atoms. The number of nitrogens with one attached hydrogen (secondary N) is 2. The first-order chi connectivity index (χ1) is 17.9. The molecule has 0 aliphatic rings. The van der Waals surface area contributed by atoms with Gasteiger partial charge in [0.15, 0.2) is 0 Å². The van der Waals surface area contributed by atoms with E-state index in [9.17, 15) is 24.0 Å². The number of rotatable bonds is 6. The second kappa shape index (κ2) is 43.4. The first-order valence-electron chi connectivity index (χ1n) is 12.9. The van der Waals surface area contributed by atoms with Gasteiger partial charge in [-0.2, -0.15) is 0 Å². The summed E-state index contributed by atoms with van der Waals surface area (Å²) in [4.78, 5) is 50.9. The highest BCUT2D eigenvalue weighted by molar-refractivity contribution is 5.96. The third kappa shape index (κ3) is 72.3. The maximum Gasteiger partial charge on any atom is 0.227 e. The van der Waals surface area contributed by atoms with E-state index in [1.807, 2.05) is 80.6 Å². The standard InChI is InChI=1S/C11H13NO2.C6H6.C4H9NO.C4H8O.C3H6O.C3H8.3CH4/c1-9(13)7-11(14)12-8-10-5-3-2-4-6-10;1-2-4-6-5-3-1;1-3-5-4(2)6;1-3-4(2)5;1-3(2)4;1-3-2;;;/h2-6H,7-8H2,1H3,(H,12,14);1-6H;3H2,1-2H3,(H,5,6);3H2,1-2H3;1-2H3;3H2,1-2H3;3*1H4. The number of amides is 2. The van der Waals surface area contributed by atoms with Crippen LogP contribution in [0.2, 0.25) is 0 Å². The molecular weight excluding hydrogens is 516 g/mol. The summed E-state index contributed by atoms with van der Waals surface area (Å²) in [5.41, 5.74) is 1.03. The van der Waals surface area contributed by atoms with Gasteiger partial charge in [0.2, 0.25) is 11.8 Å². The van der Waals surface area contributed by atoms with Gasteiger partial charge in [0.25, 0.3) is 0 Å². The van der Waals surface area contributed by atoms with Crippen molar-refractivity contribution in [1.29, 1.82) is 0 Å². The highest BCUT2D eigenvalue weighted by atomic mass is 16.2. The predicted octanol–water partition coefficient (Wildman–Crippen LogP) is 8.02. The lowest BCUT2D eigenvalue weighted by atomic mass is 10.2. The van der Waals surface area contributed by atoms with Gasteiger partial charge in [-0.15, -0.1) is 0 Å². The molecule has 2 amide bonds. The molecule has 0 aromatic heterocycles. The van der Waals surface area contributed by atoms with Gasteiger partial charge < -0.3 is 20.2 Å². The van der Waals surface area contributed by atoms with Crippen LogP contribution in [0.25, 0.3) is 0 Å². The summed E-state index contributed by atoms with van der Waals surface area (Å²) in [6, 6.07) is 21.6. The van der Waals surface area contributed by atoms with E-state index < -0.39 is 0 Å². The molecule has 41 heavy (non-hydrogen) atoms. The average Bonchev–Trinajstić information content (AvgIpc) is 2.85. The summed E-state index contributed by atoms with van der Waals surface area (Å²) in [7, 11) is 0. The third-order valence-electron chi connectivity index (χ3n) is 3.33. The van der Waals surface area contributed by atoms with Crippen molar-refractivity contribution >= 4 is 29.2 Å². The van der Waals surface area contributed by atoms with Gasteiger partial charge in [-0.05, 0) is 40.2 Å². The second-order valence-corrected chi connectivity index (χ2v) is 8.05. The molecule has 0 spiro atoms. The molecule has 0 saturated heterocycles. The van der Waals surface area contributed by atoms with Crippen molar-refractivity contribution in [2.24, 2.45) is 0 Å². The molecule has 0 saturated carbocycles. The van der Waals surface area contributed by atoms with Crippen molar-refractivity contribution in [2.75, 3.05) is 6.54 Å². The van der Waals surface area contributed by atoms with Gasteiger partial charge in [-0.25, -0.2) is 0 Å². The zero-order chi connectivity index (χ0) is 30.2. The fraction of sp³-hybridized carbons (Fsp3) is 0.500. The van der Waals surface area contributed by atoms with Crippen LogP contribution in [0, 0.1) is 0 Å². The van der Waals surface area contributed by atoms with E-state index in [4.69, 9.17) is 0 Å². The Balaban J connectivity index is -0.0000000733. The smallest absolute Gasteiger partial charge is 0.227 e. The number of hydrogen-bond acceptors (Lipinski definition) is 5. The molecule has 0 radical (unpaired) electrons. The number of ketones is 3. The Kier molecular flexibility index (Phi) is 56.8. The summed E-state index contributed by atoms with van der Waals surface area (Å²) in [5.74, 6) is 0.124. The average molecular weight is 579 g/mol. The van der Waals surface area contributed by atoms with Crippen molar-refractivity contribution in [2.45, 2.75) is 110 Å². The highest BCUT2D eigenvalue weighted by Gasteiger charge is 2.03. The van der Waals surface area contributed by atoms with Crippen LogP contribution in [-0.4, -0.2) is 35.7 Å². The zero-order valence-electron chi connectivity index (χ0n) is 24.9. The quantitative estimate of drug-likeness (QED) is 0.337. The number of carbonyl (C=O) groups is 5. The van der Waals surface area contributed by atoms with E-state index in [0.29, 0.717) is 13.0 Å². The minimum atomic E-state index is -0.221. The fourth-order valence-electron chi connectivity index (χ4n) is 1.72. The monoisotopic (exact) mass is 578 g/mol. The Labute approximate surface area is 252 Å². The normalized spacial score (nSPS) is 7.54. The van der Waals surface area contributed by atoms with Crippen LogP contribution in [0.4, 0.5) is 0 Å². The van der Waals surface area contributed by atoms with Crippen LogP contribution in [0.1, 0.15) is 109 Å². The first-order valence-corrected chi connectivity index (χ1v) is 12.9. The predicted molar refractivity (Wildman–Crippen MR) is 178 cm³/mol. The van der Waals surface area contributed by atoms with Gasteiger partial charge in [0.05, 0.1) is 6.42 Å². The van der Waals surface area contributed by atoms with Crippen molar-refractivity contribution in [3.8, 4) is 0 Å². The van der Waals surface area contributed by atoms with Gasteiger partial charge in [0, 0.05) is 26.4 Å². The van der Waals surface area contributed by atoms with E-state index in [2.05, 4.69) is 24.5 Å². The minimum absolute atomic E-state index is 0. The van der Waals surface area contributed by atoms with E-state index in [1.54, 1.807) is 6.92 Å². The summed E-state index contributed by atoms with van der Waals surface area (Å²) in [6.07, 6.45) is 1.88. The molecule has 0 heterocycles. The third-order valence-corrected chi connectivity index (χ3v) is 3.33. The Morgan fingerprint density at radius 2 is 0.902 bits per heavy atom. The minimum Gasteiger partial charge on any atom is -0.357 e. The van der Waals surface area contributed by atoms with Gasteiger partial charge in [-0.1, -0.05) is 116 Å². The molecule has 7 heteroatoms. The zero-order valence-corrected chi connectivity index (χ0v) is 24.9. The summed E-state index contributed by atoms with van der Waals surface area (Å²) in [5, 5.41) is 5.24. The molecule has 0 unspecified atom stereocenters. The lowest BCUT2D eigenvalue weighted by Gasteiger charge is -2.03. The largest absolute Gasteiger partial charge is 0.357 e. The van der Waals surface area contributed by atoms with Crippen LogP contribution in [0.5, 0.6) is 0 Å². The molecule has 7 nitrogen and oxygen atoms in total. The van der Waals surface area contributed by atoms with E-state index in [0.717, 1.165) is 12.1 Å². The molecule has 0 aliphatic heterocycles. The van der Waals surface area contributed by atoms with Crippen LogP contribution in [-0.2, 0) is 30.5 Å². The van der Waals surface area contributed by atoms with Gasteiger partial charge in [-0.3, -0.25) is 14.4 Å². The van der Waals surface area contributed by atoms with E-state index in [-0.39, 0.29) is 57.9 Å². The van der Waals surface area contributed by atoms with Crippen LogP contribution >= 0.6 is 0 Å². The number of carbonyl (C=O) groups excluding carboxylic acids is 5. The van der Waals surface area contributed by atoms with Crippen LogP contribution < -0.4 is 10.6 Å². The molecular formula is C34H62N2O5. The van der Waals surface area contributed by atoms with Crippen LogP contribution in [0.15, 0.2) is 66.7 Å². The van der Waals surface area contributed by atoms with Crippen molar-refractivity contribution < 1.29 is 24.0 Å². The Hall–Kier alpha value is -3.61. The Morgan fingerprint density at radius 3 is 1.12 bits per heavy atom. The number of benzene rings is 2. The molecule has 2 aromatic rings. The number of hydrogen-bond donors (Lipinski definition) is 2. The molecule has 0 aliphatic carbocycles. The molecule has 0 fully saturated rings. The van der Waals surface area contributed by atoms with Gasteiger partial charge in [0.1, 0.15) is 17.3 Å². The number of Topliss-reactive ketones (excluding diaryl/α,β-unsaturated/α-hetero) is 3. The summed E-state index contributed by atoms with van der Waals surface area (Å²) >= 11 is 0. The first kappa shape index (κ1) is 53.6. The topological polar surface area (TPSA) is 109 Å². The molecule has 238 valence electrons. The lowest BCUT2D eigenvalue weighted by molar-refractivity contribution is -0.127. The van der Waals surface area contributed by atoms with Crippen LogP contribution in [0.3, 0.4) is 0 Å². The Bertz CT molecular complexity index is 808. The maximum atomic E-state index is 11.1. The van der Waals surface area contributed by atoms with E-state index >= 15 is 0 Å². The SMILES string of the molecule is C.C.C.CC(=O)CC(=O)NCc1ccccc1.CC(C)=O.CCC.CCC(C)=O.CCNC(C)=O.c1ccccc1. The molecule has 2 N–H and O–H groups in total. The summed E-state index contributed by atoms with van der Waals surface area (Å²) in [6.45, 7) is 16.7. The lowest BCUT2D eigenvalue weighted by Crippen LogP contribution is -2.24. The molecule has 2 aromatic carbocycles. The summed E-state index contributed by atoms with van der Waals surface area (Å²) < 4.78 is 0. The fourth-order valence-corrected chi connectivity index (χ4v) is 1.72. The van der Waals surface area contributed by atoms with Gasteiger partial charge >= 0.3 is 0 Å². The van der Waals surface area contributed by atoms with Crippen molar-refractivity contribution in [3.63, 3.8) is 0 Å². The second-order valence-electron chi connectivity index (χ2n) is 8.05. The molecule has 2 rings (SSSR count). The maximum absolute atomic E-state index is 11.1. The molecule has 0 atom stereocenters. The van der Waals surface area contributed by atoms with Crippen molar-refractivity contribution in [3.05, 3.63) is 72.3 Å². The highest BCUT2D eigenvalue weighted by Crippen LogP contribution is 1.97. The van der Waals surface area contributed by atoms with E-state index in [1.165, 1.54) is 34.1 Å². The van der Waals surface area contributed by atoms with Crippen molar-refractivity contribution in [1.82, 2.24) is 10.6 Å². The Morgan fingerprint density at radius 1 is 0.585 bits per heavy atom.